The van der Waals surface area contributed by atoms with Crippen molar-refractivity contribution in [2.45, 2.75) is 17.6 Å². The molecule has 7 nitrogen and oxygen atoms in total. The van der Waals surface area contributed by atoms with Crippen molar-refractivity contribution in [2.24, 2.45) is 0 Å². The van der Waals surface area contributed by atoms with Gasteiger partial charge in [0, 0.05) is 0 Å². The first-order valence-electron chi connectivity index (χ1n) is 3.49. The van der Waals surface area contributed by atoms with Crippen LogP contribution >= 0.6 is 8.03 Å². The van der Waals surface area contributed by atoms with Gasteiger partial charge in [-0.25, -0.2) is 0 Å². The minimum absolute atomic E-state index is 0.336. The van der Waals surface area contributed by atoms with Gasteiger partial charge in [-0.3, -0.25) is 14.2 Å². The van der Waals surface area contributed by atoms with E-state index < -0.39 is 25.6 Å². The first-order valence-corrected chi connectivity index (χ1v) is 4.74. The zero-order chi connectivity index (χ0) is 9.69. The Balaban J connectivity index is 2.26. The third kappa shape index (κ3) is 1.38. The van der Waals surface area contributed by atoms with E-state index >= 15 is 0 Å². The SMILES string of the molecule is O=[P+]([O-])C1OC2(O)OCC1(O)CO2. The van der Waals surface area contributed by atoms with E-state index in [4.69, 9.17) is 0 Å². The van der Waals surface area contributed by atoms with Crippen molar-refractivity contribution in [3.8, 4) is 0 Å². The number of aliphatic hydroxyl groups is 2. The standard InChI is InChI=1S/C5H7O7P/c6-4-1-10-5(7,11-2-4)12-3(4)13(8)9/h3,6-7H,1-2H2. The van der Waals surface area contributed by atoms with Gasteiger partial charge in [-0.2, -0.15) is 0 Å². The van der Waals surface area contributed by atoms with Gasteiger partial charge in [-0.15, -0.1) is 0 Å². The first kappa shape index (κ1) is 9.42. The van der Waals surface area contributed by atoms with E-state index in [9.17, 15) is 19.7 Å². The molecule has 8 heteroatoms. The fourth-order valence-electron chi connectivity index (χ4n) is 1.22. The number of fused-ring (bicyclic) bond motifs is 3. The molecule has 2 bridgehead atoms. The molecule has 3 fully saturated rings. The summed E-state index contributed by atoms with van der Waals surface area (Å²) in [5, 5.41) is 18.8. The average Bonchev–Trinajstić information content (AvgIpc) is 2.07. The van der Waals surface area contributed by atoms with Gasteiger partial charge in [0.15, 0.2) is 5.60 Å². The quantitative estimate of drug-likeness (QED) is 0.474. The van der Waals surface area contributed by atoms with Crippen molar-refractivity contribution in [3.05, 3.63) is 0 Å². The lowest BCUT2D eigenvalue weighted by molar-refractivity contribution is -0.561. The normalized spacial score (nSPS) is 50.7. The second-order valence-electron chi connectivity index (χ2n) is 2.96. The highest BCUT2D eigenvalue weighted by atomic mass is 31.1. The van der Waals surface area contributed by atoms with Gasteiger partial charge in [-0.1, -0.05) is 4.57 Å². The van der Waals surface area contributed by atoms with E-state index in [2.05, 4.69) is 14.2 Å². The van der Waals surface area contributed by atoms with Crippen molar-refractivity contribution in [1.82, 2.24) is 0 Å². The maximum absolute atomic E-state index is 10.6. The molecule has 0 aromatic carbocycles. The summed E-state index contributed by atoms with van der Waals surface area (Å²) in [4.78, 5) is 10.6. The second kappa shape index (κ2) is 2.68. The highest BCUT2D eigenvalue weighted by Gasteiger charge is 2.63. The number of hydrogen-bond donors (Lipinski definition) is 2. The number of rotatable bonds is 1. The summed E-state index contributed by atoms with van der Waals surface area (Å²) < 4.78 is 24.2. The molecular formula is C5H7O7P. The molecule has 3 aliphatic heterocycles. The molecule has 2 atom stereocenters. The van der Waals surface area contributed by atoms with Gasteiger partial charge in [0.25, 0.3) is 5.85 Å². The molecule has 0 amide bonds. The summed E-state index contributed by atoms with van der Waals surface area (Å²) in [7, 11) is -3.01. The predicted molar refractivity (Wildman–Crippen MR) is 34.3 cm³/mol. The zero-order valence-corrected chi connectivity index (χ0v) is 7.27. The van der Waals surface area contributed by atoms with Crippen LogP contribution in [0.1, 0.15) is 0 Å². The Kier molecular flexibility index (Phi) is 1.94. The second-order valence-corrected chi connectivity index (χ2v) is 4.00. The topological polar surface area (TPSA) is 108 Å². The first-order chi connectivity index (χ1) is 5.95. The summed E-state index contributed by atoms with van der Waals surface area (Å²) in [6, 6.07) is 0. The molecule has 3 rings (SSSR count). The monoisotopic (exact) mass is 210 g/mol. The third-order valence-corrected chi connectivity index (χ3v) is 2.89. The molecule has 0 spiro atoms. The van der Waals surface area contributed by atoms with Crippen LogP contribution in [-0.2, 0) is 18.8 Å². The molecule has 13 heavy (non-hydrogen) atoms. The maximum Gasteiger partial charge on any atom is 0.414 e. The van der Waals surface area contributed by atoms with E-state index in [1.54, 1.807) is 0 Å². The van der Waals surface area contributed by atoms with Crippen LogP contribution < -0.4 is 4.89 Å². The lowest BCUT2D eigenvalue weighted by Gasteiger charge is -2.46. The molecule has 2 N–H and O–H groups in total. The predicted octanol–water partition coefficient (Wildman–Crippen LogP) is -2.17. The van der Waals surface area contributed by atoms with Gasteiger partial charge >= 0.3 is 14.2 Å². The molecule has 0 aromatic heterocycles. The van der Waals surface area contributed by atoms with Crippen LogP contribution in [0.4, 0.5) is 0 Å². The molecule has 3 heterocycles. The molecule has 74 valence electrons. The summed E-state index contributed by atoms with van der Waals surface area (Å²) in [6.07, 6.45) is -2.33. The minimum atomic E-state index is -3.01. The fraction of sp³-hybridized carbons (Fsp3) is 1.00. The van der Waals surface area contributed by atoms with Gasteiger partial charge < -0.3 is 15.1 Å². The van der Waals surface area contributed by atoms with Crippen LogP contribution in [-0.4, -0.2) is 41.0 Å². The molecule has 0 aromatic rings. The van der Waals surface area contributed by atoms with Gasteiger partial charge in [0.05, 0.1) is 13.2 Å². The van der Waals surface area contributed by atoms with Crippen molar-refractivity contribution in [3.63, 3.8) is 0 Å². The number of ether oxygens (including phenoxy) is 3. The summed E-state index contributed by atoms with van der Waals surface area (Å²) >= 11 is 0. The molecule has 3 saturated heterocycles. The van der Waals surface area contributed by atoms with Gasteiger partial charge in [0.2, 0.25) is 0 Å². The summed E-state index contributed by atoms with van der Waals surface area (Å²) in [5.74, 6) is -1.49. The molecule has 3 aliphatic rings. The van der Waals surface area contributed by atoms with Crippen LogP contribution in [0.25, 0.3) is 0 Å². The van der Waals surface area contributed by atoms with E-state index in [1.165, 1.54) is 0 Å². The van der Waals surface area contributed by atoms with Crippen molar-refractivity contribution < 1.29 is 33.9 Å². The summed E-state index contributed by atoms with van der Waals surface area (Å²) in [5.41, 5.74) is -1.72. The lowest BCUT2D eigenvalue weighted by atomic mass is 10.1. The fourth-order valence-corrected chi connectivity index (χ4v) is 1.98. The van der Waals surface area contributed by atoms with Crippen LogP contribution in [0.5, 0.6) is 0 Å². The molecule has 0 saturated carbocycles. The molecular weight excluding hydrogens is 203 g/mol. The van der Waals surface area contributed by atoms with Crippen molar-refractivity contribution >= 4 is 8.03 Å². The van der Waals surface area contributed by atoms with Gasteiger partial charge in [-0.05, 0) is 0 Å². The molecule has 2 unspecified atom stereocenters. The number of hydrogen-bond acceptors (Lipinski definition) is 7. The van der Waals surface area contributed by atoms with E-state index in [1.807, 2.05) is 0 Å². The Morgan fingerprint density at radius 2 is 1.92 bits per heavy atom. The van der Waals surface area contributed by atoms with E-state index in [0.717, 1.165) is 0 Å². The van der Waals surface area contributed by atoms with Crippen LogP contribution in [0.2, 0.25) is 0 Å². The molecule has 0 aliphatic carbocycles. The van der Waals surface area contributed by atoms with E-state index in [-0.39, 0.29) is 13.2 Å². The third-order valence-electron chi connectivity index (χ3n) is 1.92. The molecule has 0 radical (unpaired) electrons. The maximum atomic E-state index is 10.6. The van der Waals surface area contributed by atoms with E-state index in [0.29, 0.717) is 0 Å². The summed E-state index contributed by atoms with van der Waals surface area (Å²) in [6.45, 7) is -0.672. The van der Waals surface area contributed by atoms with Gasteiger partial charge in [0.1, 0.15) is 0 Å². The highest BCUT2D eigenvalue weighted by Crippen LogP contribution is 2.43. The Bertz CT molecular complexity index is 245. The minimum Gasteiger partial charge on any atom is -0.593 e. The van der Waals surface area contributed by atoms with Crippen LogP contribution in [0.3, 0.4) is 0 Å². The Labute approximate surface area is 73.7 Å². The Morgan fingerprint density at radius 3 is 2.31 bits per heavy atom. The van der Waals surface area contributed by atoms with Crippen LogP contribution in [0.15, 0.2) is 0 Å². The van der Waals surface area contributed by atoms with Crippen LogP contribution in [0, 0.1) is 0 Å². The Hall–Kier alpha value is -0.140. The zero-order valence-electron chi connectivity index (χ0n) is 6.37. The highest BCUT2D eigenvalue weighted by molar-refractivity contribution is 7.37. The van der Waals surface area contributed by atoms with Crippen molar-refractivity contribution in [1.29, 1.82) is 0 Å². The van der Waals surface area contributed by atoms with Crippen molar-refractivity contribution in [2.75, 3.05) is 13.2 Å². The Morgan fingerprint density at radius 1 is 1.38 bits per heavy atom. The average molecular weight is 210 g/mol. The lowest BCUT2D eigenvalue weighted by Crippen LogP contribution is -2.68. The largest absolute Gasteiger partial charge is 0.593 e. The smallest absolute Gasteiger partial charge is 0.414 e.